The lowest BCUT2D eigenvalue weighted by Crippen LogP contribution is -2.07. The molecule has 0 saturated carbocycles. The fourth-order valence-corrected chi connectivity index (χ4v) is 3.43. The van der Waals surface area contributed by atoms with Crippen molar-refractivity contribution in [3.05, 3.63) is 53.1 Å². The normalized spacial score (nSPS) is 10.8. The van der Waals surface area contributed by atoms with Gasteiger partial charge in [-0.15, -0.1) is 0 Å². The minimum atomic E-state index is -0.497. The number of rotatable bonds is 6. The van der Waals surface area contributed by atoms with Crippen molar-refractivity contribution in [1.29, 1.82) is 0 Å². The van der Waals surface area contributed by atoms with Crippen LogP contribution < -0.4 is 24.6 Å². The van der Waals surface area contributed by atoms with E-state index >= 15 is 0 Å². The molecule has 0 amide bonds. The third kappa shape index (κ3) is 3.12. The summed E-state index contributed by atoms with van der Waals surface area (Å²) < 4.78 is 27.9. The van der Waals surface area contributed by atoms with Gasteiger partial charge >= 0.3 is 5.69 Å². The molecule has 0 radical (unpaired) electrons. The minimum absolute atomic E-state index is 0.313. The van der Waals surface area contributed by atoms with Crippen molar-refractivity contribution in [1.82, 2.24) is 9.97 Å². The Labute approximate surface area is 172 Å². The van der Waals surface area contributed by atoms with Gasteiger partial charge in [0.1, 0.15) is 11.5 Å². The van der Waals surface area contributed by atoms with E-state index in [1.165, 1.54) is 13.3 Å². The molecule has 154 valence electrons. The smallest absolute Gasteiger partial charge is 0.347 e. The molecule has 1 N–H and O–H groups in total. The van der Waals surface area contributed by atoms with Gasteiger partial charge in [-0.3, -0.25) is 4.98 Å². The van der Waals surface area contributed by atoms with Crippen LogP contribution in [0.3, 0.4) is 0 Å². The van der Waals surface area contributed by atoms with Crippen molar-refractivity contribution in [2.75, 3.05) is 28.4 Å². The van der Waals surface area contributed by atoms with Crippen molar-refractivity contribution >= 4 is 11.1 Å². The summed E-state index contributed by atoms with van der Waals surface area (Å²) in [6.45, 7) is 0. The molecule has 0 atom stereocenters. The SMILES string of the molecule is COc1ccc(-c2c(-c3ccc(OC)c(OC)c3OC)oc3[nH]c(=O)ncc23)cc1. The van der Waals surface area contributed by atoms with Crippen LogP contribution in [0.25, 0.3) is 33.6 Å². The molecule has 0 bridgehead atoms. The van der Waals surface area contributed by atoms with Gasteiger partial charge in [-0.05, 0) is 29.8 Å². The summed E-state index contributed by atoms with van der Waals surface area (Å²) in [7, 11) is 6.24. The van der Waals surface area contributed by atoms with E-state index in [1.54, 1.807) is 27.4 Å². The third-order valence-corrected chi connectivity index (χ3v) is 4.80. The summed E-state index contributed by atoms with van der Waals surface area (Å²) in [6.07, 6.45) is 1.49. The second-order valence-electron chi connectivity index (χ2n) is 6.35. The summed E-state index contributed by atoms with van der Waals surface area (Å²) in [5.41, 5.74) is 2.06. The maximum absolute atomic E-state index is 11.8. The Hall–Kier alpha value is -3.94. The topological polar surface area (TPSA) is 95.8 Å². The lowest BCUT2D eigenvalue weighted by molar-refractivity contribution is 0.325. The van der Waals surface area contributed by atoms with E-state index in [2.05, 4.69) is 9.97 Å². The van der Waals surface area contributed by atoms with Gasteiger partial charge in [0.05, 0.1) is 39.4 Å². The Morgan fingerprint density at radius 1 is 0.867 bits per heavy atom. The third-order valence-electron chi connectivity index (χ3n) is 4.80. The van der Waals surface area contributed by atoms with Crippen molar-refractivity contribution in [2.45, 2.75) is 0 Å². The number of hydrogen-bond acceptors (Lipinski definition) is 7. The molecular weight excluding hydrogens is 388 g/mol. The molecule has 0 aliphatic carbocycles. The standard InChI is InChI=1S/C22H20N2O6/c1-26-13-7-5-12(6-8-13)17-15-11-23-22(25)24-21(15)30-18(17)14-9-10-16(27-2)20(29-4)19(14)28-3/h5-11H,1-4H3,(H,23,24,25). The van der Waals surface area contributed by atoms with Gasteiger partial charge in [0.15, 0.2) is 11.5 Å². The average molecular weight is 408 g/mol. The zero-order valence-electron chi connectivity index (χ0n) is 16.9. The van der Waals surface area contributed by atoms with Crippen LogP contribution in [0.4, 0.5) is 0 Å². The monoisotopic (exact) mass is 408 g/mol. The molecule has 8 nitrogen and oxygen atoms in total. The van der Waals surface area contributed by atoms with E-state index in [0.717, 1.165) is 16.9 Å². The zero-order valence-corrected chi connectivity index (χ0v) is 16.9. The molecule has 30 heavy (non-hydrogen) atoms. The molecule has 4 aromatic rings. The summed E-state index contributed by atoms with van der Waals surface area (Å²) in [5.74, 6) is 2.63. The number of fused-ring (bicyclic) bond motifs is 1. The van der Waals surface area contributed by atoms with Crippen LogP contribution in [0.2, 0.25) is 0 Å². The maximum Gasteiger partial charge on any atom is 0.347 e. The van der Waals surface area contributed by atoms with E-state index in [0.29, 0.717) is 39.7 Å². The van der Waals surface area contributed by atoms with Gasteiger partial charge < -0.3 is 23.4 Å². The largest absolute Gasteiger partial charge is 0.497 e. The summed E-state index contributed by atoms with van der Waals surface area (Å²) >= 11 is 0. The molecule has 2 aromatic carbocycles. The highest BCUT2D eigenvalue weighted by molar-refractivity contribution is 6.01. The fraction of sp³-hybridized carbons (Fsp3) is 0.182. The quantitative estimate of drug-likeness (QED) is 0.517. The second-order valence-corrected chi connectivity index (χ2v) is 6.35. The lowest BCUT2D eigenvalue weighted by atomic mass is 9.98. The first-order valence-electron chi connectivity index (χ1n) is 9.06. The molecule has 2 aromatic heterocycles. The number of nitrogens with one attached hydrogen (secondary N) is 1. The molecule has 0 aliphatic rings. The molecule has 0 unspecified atom stereocenters. The van der Waals surface area contributed by atoms with Gasteiger partial charge in [-0.1, -0.05) is 12.1 Å². The summed E-state index contributed by atoms with van der Waals surface area (Å²) in [5, 5.41) is 0.659. The maximum atomic E-state index is 11.8. The summed E-state index contributed by atoms with van der Waals surface area (Å²) in [4.78, 5) is 18.3. The fourth-order valence-electron chi connectivity index (χ4n) is 3.43. The molecule has 4 rings (SSSR count). The van der Waals surface area contributed by atoms with Gasteiger partial charge in [-0.25, -0.2) is 9.78 Å². The summed E-state index contributed by atoms with van der Waals surface area (Å²) in [6, 6.07) is 11.1. The van der Waals surface area contributed by atoms with Crippen molar-refractivity contribution in [2.24, 2.45) is 0 Å². The van der Waals surface area contributed by atoms with Gasteiger partial charge in [-0.2, -0.15) is 0 Å². The number of hydrogen-bond donors (Lipinski definition) is 1. The van der Waals surface area contributed by atoms with Crippen LogP contribution in [0.5, 0.6) is 23.0 Å². The van der Waals surface area contributed by atoms with Crippen molar-refractivity contribution < 1.29 is 23.4 Å². The van der Waals surface area contributed by atoms with Crippen LogP contribution in [0.1, 0.15) is 0 Å². The molecule has 0 spiro atoms. The average Bonchev–Trinajstić information content (AvgIpc) is 3.16. The van der Waals surface area contributed by atoms with E-state index < -0.39 is 5.69 Å². The van der Waals surface area contributed by atoms with Gasteiger partial charge in [0.25, 0.3) is 0 Å². The predicted octanol–water partition coefficient (Wildman–Crippen LogP) is 3.88. The highest BCUT2D eigenvalue weighted by atomic mass is 16.5. The molecule has 2 heterocycles. The number of nitrogens with zero attached hydrogens (tertiary/aromatic N) is 1. The Morgan fingerprint density at radius 3 is 2.23 bits per heavy atom. The Bertz CT molecular complexity index is 1260. The number of furan rings is 1. The van der Waals surface area contributed by atoms with Crippen LogP contribution in [-0.4, -0.2) is 38.4 Å². The van der Waals surface area contributed by atoms with Gasteiger partial charge in [0.2, 0.25) is 11.5 Å². The molecule has 8 heteroatoms. The van der Waals surface area contributed by atoms with E-state index in [4.69, 9.17) is 23.4 Å². The van der Waals surface area contributed by atoms with E-state index in [9.17, 15) is 4.79 Å². The first kappa shape index (κ1) is 19.4. The number of aromatic amines is 1. The second kappa shape index (κ2) is 7.82. The Morgan fingerprint density at radius 2 is 1.60 bits per heavy atom. The lowest BCUT2D eigenvalue weighted by Gasteiger charge is -2.15. The number of methoxy groups -OCH3 is 4. The molecule has 0 aliphatic heterocycles. The molecule has 0 fully saturated rings. The number of benzene rings is 2. The number of H-pyrrole nitrogens is 1. The van der Waals surface area contributed by atoms with Crippen molar-refractivity contribution in [3.63, 3.8) is 0 Å². The van der Waals surface area contributed by atoms with Crippen LogP contribution >= 0.6 is 0 Å². The molecular formula is C22H20N2O6. The van der Waals surface area contributed by atoms with Gasteiger partial charge in [0, 0.05) is 11.8 Å². The van der Waals surface area contributed by atoms with E-state index in [1.807, 2.05) is 30.3 Å². The zero-order chi connectivity index (χ0) is 21.3. The number of ether oxygens (including phenoxy) is 4. The first-order valence-corrected chi connectivity index (χ1v) is 9.06. The minimum Gasteiger partial charge on any atom is -0.497 e. The van der Waals surface area contributed by atoms with Crippen LogP contribution in [0, 0.1) is 0 Å². The predicted molar refractivity (Wildman–Crippen MR) is 112 cm³/mol. The van der Waals surface area contributed by atoms with Crippen molar-refractivity contribution in [3.8, 4) is 45.4 Å². The number of aromatic nitrogens is 2. The first-order chi connectivity index (χ1) is 14.6. The highest BCUT2D eigenvalue weighted by Crippen LogP contribution is 2.48. The van der Waals surface area contributed by atoms with Crippen LogP contribution in [0.15, 0.2) is 51.8 Å². The molecule has 0 saturated heterocycles. The Balaban J connectivity index is 2.05. The van der Waals surface area contributed by atoms with Crippen LogP contribution in [-0.2, 0) is 0 Å². The van der Waals surface area contributed by atoms with E-state index in [-0.39, 0.29) is 0 Å². The Kier molecular flexibility index (Phi) is 5.05. The highest BCUT2D eigenvalue weighted by Gasteiger charge is 2.25.